The minimum absolute atomic E-state index is 0.255. The maximum atomic E-state index is 13.2. The number of hydrogen-bond acceptors (Lipinski definition) is 3. The Hall–Kier alpha value is -1.69. The first-order chi connectivity index (χ1) is 8.16. The predicted molar refractivity (Wildman–Crippen MR) is 56.8 cm³/mol. The van der Waals surface area contributed by atoms with E-state index in [1.165, 1.54) is 4.90 Å². The molecule has 2 rings (SSSR count). The Balaban J connectivity index is 2.02. The van der Waals surface area contributed by atoms with Crippen molar-refractivity contribution >= 4 is 6.09 Å². The summed E-state index contributed by atoms with van der Waals surface area (Å²) < 4.78 is 30.7. The van der Waals surface area contributed by atoms with Crippen molar-refractivity contribution in [2.75, 3.05) is 26.2 Å². The molecule has 0 spiro atoms. The summed E-state index contributed by atoms with van der Waals surface area (Å²) in [4.78, 5) is 13.1. The Morgan fingerprint density at radius 1 is 1.29 bits per heavy atom. The largest absolute Gasteiger partial charge is 0.415 e. The molecule has 0 bridgehead atoms. The van der Waals surface area contributed by atoms with Gasteiger partial charge in [-0.15, -0.1) is 0 Å². The van der Waals surface area contributed by atoms with Crippen LogP contribution in [0.25, 0.3) is 0 Å². The van der Waals surface area contributed by atoms with E-state index in [2.05, 4.69) is 5.32 Å². The first kappa shape index (κ1) is 11.8. The lowest BCUT2D eigenvalue weighted by Gasteiger charge is -2.26. The van der Waals surface area contributed by atoms with Crippen LogP contribution in [-0.4, -0.2) is 37.2 Å². The number of rotatable bonds is 1. The van der Waals surface area contributed by atoms with Crippen LogP contribution in [0.5, 0.6) is 5.75 Å². The second kappa shape index (κ2) is 5.09. The Morgan fingerprint density at radius 2 is 2.00 bits per heavy atom. The zero-order valence-electron chi connectivity index (χ0n) is 9.08. The Bertz CT molecular complexity index is 420. The number of amides is 1. The molecule has 1 amide bonds. The van der Waals surface area contributed by atoms with Gasteiger partial charge in [0.1, 0.15) is 5.82 Å². The molecule has 1 aromatic carbocycles. The molecule has 0 aromatic heterocycles. The maximum absolute atomic E-state index is 13.2. The highest BCUT2D eigenvalue weighted by Gasteiger charge is 2.19. The Kier molecular flexibility index (Phi) is 3.53. The van der Waals surface area contributed by atoms with Crippen molar-refractivity contribution < 1.29 is 18.3 Å². The summed E-state index contributed by atoms with van der Waals surface area (Å²) in [6, 6.07) is 2.83. The third kappa shape index (κ3) is 2.91. The molecule has 1 fully saturated rings. The van der Waals surface area contributed by atoms with Crippen LogP contribution in [0.1, 0.15) is 0 Å². The van der Waals surface area contributed by atoms with E-state index >= 15 is 0 Å². The van der Waals surface area contributed by atoms with Gasteiger partial charge in [-0.25, -0.2) is 13.6 Å². The fourth-order valence-corrected chi connectivity index (χ4v) is 1.56. The SMILES string of the molecule is O=C(Oc1ccc(F)cc1F)N1CCNCC1. The summed E-state index contributed by atoms with van der Waals surface area (Å²) in [6.45, 7) is 2.39. The molecule has 0 atom stereocenters. The van der Waals surface area contributed by atoms with Gasteiger partial charge in [-0.2, -0.15) is 0 Å². The van der Waals surface area contributed by atoms with Crippen LogP contribution in [0.15, 0.2) is 18.2 Å². The average Bonchev–Trinajstić information content (AvgIpc) is 2.34. The zero-order valence-corrected chi connectivity index (χ0v) is 9.08. The molecule has 1 aliphatic rings. The van der Waals surface area contributed by atoms with Gasteiger partial charge >= 0.3 is 6.09 Å². The molecule has 1 N–H and O–H groups in total. The van der Waals surface area contributed by atoms with E-state index in [4.69, 9.17) is 4.74 Å². The molecule has 0 saturated carbocycles. The number of ether oxygens (including phenoxy) is 1. The van der Waals surface area contributed by atoms with E-state index in [0.717, 1.165) is 12.1 Å². The van der Waals surface area contributed by atoms with Crippen LogP contribution in [0.3, 0.4) is 0 Å². The topological polar surface area (TPSA) is 41.6 Å². The Labute approximate surface area is 97.2 Å². The van der Waals surface area contributed by atoms with Crippen molar-refractivity contribution in [1.29, 1.82) is 0 Å². The van der Waals surface area contributed by atoms with Crippen molar-refractivity contribution in [1.82, 2.24) is 10.2 Å². The van der Waals surface area contributed by atoms with Gasteiger partial charge in [-0.3, -0.25) is 0 Å². The zero-order chi connectivity index (χ0) is 12.3. The standard InChI is InChI=1S/C11H12F2N2O2/c12-8-1-2-10(9(13)7-8)17-11(16)15-5-3-14-4-6-15/h1-2,7,14H,3-6H2. The molecular weight excluding hydrogens is 230 g/mol. The number of nitrogens with one attached hydrogen (secondary N) is 1. The quantitative estimate of drug-likeness (QED) is 0.808. The summed E-state index contributed by atoms with van der Waals surface area (Å²) in [5, 5.41) is 3.08. The fraction of sp³-hybridized carbons (Fsp3) is 0.364. The summed E-state index contributed by atoms with van der Waals surface area (Å²) in [5.41, 5.74) is 0. The minimum atomic E-state index is -0.881. The van der Waals surface area contributed by atoms with Gasteiger partial charge in [0.15, 0.2) is 11.6 Å². The van der Waals surface area contributed by atoms with E-state index in [9.17, 15) is 13.6 Å². The third-order valence-electron chi connectivity index (χ3n) is 2.47. The molecule has 1 saturated heterocycles. The van der Waals surface area contributed by atoms with Crippen molar-refractivity contribution in [3.05, 3.63) is 29.8 Å². The van der Waals surface area contributed by atoms with Crippen LogP contribution < -0.4 is 10.1 Å². The number of carbonyl (C=O) groups is 1. The molecule has 1 aliphatic heterocycles. The smallest absolute Gasteiger partial charge is 0.407 e. The summed E-state index contributed by atoms with van der Waals surface area (Å²) >= 11 is 0. The first-order valence-electron chi connectivity index (χ1n) is 5.29. The van der Waals surface area contributed by atoms with Crippen molar-refractivity contribution in [3.8, 4) is 5.75 Å². The lowest BCUT2D eigenvalue weighted by atomic mass is 10.3. The summed E-state index contributed by atoms with van der Waals surface area (Å²) in [7, 11) is 0. The van der Waals surface area contributed by atoms with Gasteiger partial charge in [-0.1, -0.05) is 0 Å². The molecule has 1 aromatic rings. The summed E-state index contributed by atoms with van der Waals surface area (Å²) in [6.07, 6.45) is -0.614. The highest BCUT2D eigenvalue weighted by Crippen LogP contribution is 2.18. The molecule has 0 aliphatic carbocycles. The fourth-order valence-electron chi connectivity index (χ4n) is 1.56. The van der Waals surface area contributed by atoms with Crippen LogP contribution in [-0.2, 0) is 0 Å². The minimum Gasteiger partial charge on any atom is -0.407 e. The van der Waals surface area contributed by atoms with E-state index in [1.807, 2.05) is 0 Å². The van der Waals surface area contributed by atoms with Crippen LogP contribution in [0.4, 0.5) is 13.6 Å². The average molecular weight is 242 g/mol. The molecule has 17 heavy (non-hydrogen) atoms. The number of carbonyl (C=O) groups excluding carboxylic acids is 1. The van der Waals surface area contributed by atoms with Gasteiger partial charge in [0.05, 0.1) is 0 Å². The molecule has 6 heteroatoms. The third-order valence-corrected chi connectivity index (χ3v) is 2.47. The van der Waals surface area contributed by atoms with E-state index in [1.54, 1.807) is 0 Å². The lowest BCUT2D eigenvalue weighted by Crippen LogP contribution is -2.47. The second-order valence-electron chi connectivity index (χ2n) is 3.68. The molecule has 0 radical (unpaired) electrons. The highest BCUT2D eigenvalue weighted by molar-refractivity contribution is 5.70. The predicted octanol–water partition coefficient (Wildman–Crippen LogP) is 1.37. The monoisotopic (exact) mass is 242 g/mol. The van der Waals surface area contributed by atoms with Gasteiger partial charge < -0.3 is 15.0 Å². The number of hydrogen-bond donors (Lipinski definition) is 1. The van der Waals surface area contributed by atoms with Crippen molar-refractivity contribution in [3.63, 3.8) is 0 Å². The summed E-state index contributed by atoms with van der Waals surface area (Å²) in [5.74, 6) is -1.84. The second-order valence-corrected chi connectivity index (χ2v) is 3.68. The van der Waals surface area contributed by atoms with Crippen molar-refractivity contribution in [2.45, 2.75) is 0 Å². The normalized spacial score (nSPS) is 15.8. The van der Waals surface area contributed by atoms with E-state index < -0.39 is 17.7 Å². The molecular formula is C11H12F2N2O2. The van der Waals surface area contributed by atoms with E-state index in [0.29, 0.717) is 32.2 Å². The number of halogens is 2. The number of nitrogens with zero attached hydrogens (tertiary/aromatic N) is 1. The van der Waals surface area contributed by atoms with Gasteiger partial charge in [-0.05, 0) is 12.1 Å². The number of piperazine rings is 1. The van der Waals surface area contributed by atoms with Gasteiger partial charge in [0.2, 0.25) is 0 Å². The first-order valence-corrected chi connectivity index (χ1v) is 5.29. The van der Waals surface area contributed by atoms with Crippen molar-refractivity contribution in [2.24, 2.45) is 0 Å². The molecule has 4 nitrogen and oxygen atoms in total. The molecule has 1 heterocycles. The van der Waals surface area contributed by atoms with E-state index in [-0.39, 0.29) is 5.75 Å². The lowest BCUT2D eigenvalue weighted by molar-refractivity contribution is 0.144. The van der Waals surface area contributed by atoms with Crippen LogP contribution in [0.2, 0.25) is 0 Å². The highest BCUT2D eigenvalue weighted by atomic mass is 19.1. The Morgan fingerprint density at radius 3 is 2.65 bits per heavy atom. The molecule has 92 valence electrons. The molecule has 0 unspecified atom stereocenters. The van der Waals surface area contributed by atoms with Crippen LogP contribution >= 0.6 is 0 Å². The number of benzene rings is 1. The van der Waals surface area contributed by atoms with Gasteiger partial charge in [0.25, 0.3) is 0 Å². The maximum Gasteiger partial charge on any atom is 0.415 e. The van der Waals surface area contributed by atoms with Crippen LogP contribution in [0, 0.1) is 11.6 Å². The van der Waals surface area contributed by atoms with Gasteiger partial charge in [0, 0.05) is 32.2 Å².